The van der Waals surface area contributed by atoms with Crippen LogP contribution in [0, 0.1) is 0 Å². The van der Waals surface area contributed by atoms with Crippen LogP contribution in [0.5, 0.6) is 0 Å². The van der Waals surface area contributed by atoms with E-state index in [9.17, 15) is 0 Å². The van der Waals surface area contributed by atoms with Crippen LogP contribution >= 0.6 is 17.4 Å². The molecule has 0 N–H and O–H groups in total. The van der Waals surface area contributed by atoms with Gasteiger partial charge in [0.2, 0.25) is 0 Å². The molecule has 0 saturated carbocycles. The van der Waals surface area contributed by atoms with Crippen molar-refractivity contribution in [3.63, 3.8) is 0 Å². The Morgan fingerprint density at radius 2 is 2.60 bits per heavy atom. The van der Waals surface area contributed by atoms with Crippen molar-refractivity contribution < 1.29 is 0 Å². The van der Waals surface area contributed by atoms with Gasteiger partial charge in [-0.05, 0) is 11.7 Å². The molecule has 0 nitrogen and oxygen atoms in total. The van der Waals surface area contributed by atoms with Crippen molar-refractivity contribution in [2.75, 3.05) is 6.16 Å². The fourth-order valence-electron chi connectivity index (χ4n) is 0.105. The molecule has 0 aromatic heterocycles. The van der Waals surface area contributed by atoms with Gasteiger partial charge in [0.05, 0.1) is 0 Å². The van der Waals surface area contributed by atoms with E-state index in [2.05, 4.69) is 21.7 Å². The summed E-state index contributed by atoms with van der Waals surface area (Å²) < 4.78 is 0. The highest BCUT2D eigenvalue weighted by Crippen LogP contribution is 1.91. The van der Waals surface area contributed by atoms with Crippen molar-refractivity contribution in [3.05, 3.63) is 0 Å². The average Bonchev–Trinajstić information content (AvgIpc) is 1.41. The Hall–Kier alpha value is 0.600. The largest absolute Gasteiger partial charge is 0.109 e. The van der Waals surface area contributed by atoms with Crippen molar-refractivity contribution >= 4 is 23.0 Å². The first kappa shape index (κ1) is 5.60. The Morgan fingerprint density at radius 3 is 2.60 bits per heavy atom. The van der Waals surface area contributed by atoms with Crippen molar-refractivity contribution in [3.8, 4) is 0 Å². The smallest absolute Gasteiger partial charge is 0.0135 e. The molecule has 0 aromatic carbocycles. The maximum atomic E-state index is 2.56. The van der Waals surface area contributed by atoms with E-state index in [0.29, 0.717) is 0 Å². The lowest BCUT2D eigenvalue weighted by molar-refractivity contribution is 1.53. The van der Waals surface area contributed by atoms with Gasteiger partial charge in [0.15, 0.2) is 0 Å². The molecule has 0 radical (unpaired) electrons. The summed E-state index contributed by atoms with van der Waals surface area (Å²) in [6.45, 7) is 2.15. The second kappa shape index (κ2) is 4.60. The molecule has 0 fully saturated rings. The first-order valence-electron chi connectivity index (χ1n) is 1.61. The highest BCUT2D eigenvalue weighted by Gasteiger charge is 1.53. The van der Waals surface area contributed by atoms with E-state index in [1.165, 1.54) is 14.4 Å². The molecular formula is C3H8P2. The van der Waals surface area contributed by atoms with Crippen LogP contribution in [0.3, 0.4) is 0 Å². The third kappa shape index (κ3) is 4.60. The summed E-state index contributed by atoms with van der Waals surface area (Å²) in [7, 11) is 3.98. The van der Waals surface area contributed by atoms with Gasteiger partial charge in [-0.3, -0.25) is 0 Å². The summed E-state index contributed by atoms with van der Waals surface area (Å²) in [5, 5.41) is 0. The molecule has 0 amide bonds. The van der Waals surface area contributed by atoms with Crippen molar-refractivity contribution in [2.45, 2.75) is 6.92 Å². The quantitative estimate of drug-likeness (QED) is 0.445. The maximum absolute atomic E-state index is 2.56. The molecule has 0 rings (SSSR count). The van der Waals surface area contributed by atoms with E-state index < -0.39 is 0 Å². The lowest BCUT2D eigenvalue weighted by atomic mass is 11.0. The number of hydrogen-bond acceptors (Lipinski definition) is 0. The molecule has 0 aromatic rings. The average molecular weight is 106 g/mol. The Bertz CT molecular complexity index is 31.9. The minimum Gasteiger partial charge on any atom is -0.109 e. The van der Waals surface area contributed by atoms with Gasteiger partial charge in [0.25, 0.3) is 0 Å². The van der Waals surface area contributed by atoms with E-state index in [0.717, 1.165) is 0 Å². The van der Waals surface area contributed by atoms with Gasteiger partial charge in [-0.2, -0.15) is 0 Å². The van der Waals surface area contributed by atoms with Gasteiger partial charge in [-0.25, -0.2) is 0 Å². The van der Waals surface area contributed by atoms with Crippen molar-refractivity contribution in [1.29, 1.82) is 0 Å². The zero-order chi connectivity index (χ0) is 4.12. The van der Waals surface area contributed by atoms with Crippen LogP contribution in [-0.4, -0.2) is 11.7 Å². The summed E-state index contributed by atoms with van der Waals surface area (Å²) in [4.78, 5) is 0. The summed E-state index contributed by atoms with van der Waals surface area (Å²) in [5.74, 6) is 0. The number of rotatable bonds is 1. The van der Waals surface area contributed by atoms with Gasteiger partial charge in [0, 0.05) is 0 Å². The van der Waals surface area contributed by atoms with Gasteiger partial charge in [0.1, 0.15) is 0 Å². The maximum Gasteiger partial charge on any atom is -0.0135 e. The van der Waals surface area contributed by atoms with Gasteiger partial charge < -0.3 is 0 Å². The van der Waals surface area contributed by atoms with Crippen LogP contribution in [0.25, 0.3) is 0 Å². The molecule has 0 aliphatic carbocycles. The first-order valence-corrected chi connectivity index (χ1v) is 3.43. The SMILES string of the molecule is CCP=CP. The predicted octanol–water partition coefficient (Wildman–Crippen LogP) is 1.59. The molecule has 0 spiro atoms. The lowest BCUT2D eigenvalue weighted by Crippen LogP contribution is -1.45. The molecule has 1 unspecified atom stereocenters. The molecule has 0 saturated heterocycles. The normalized spacial score (nSPS) is 10.0. The van der Waals surface area contributed by atoms with Gasteiger partial charge in [-0.1, -0.05) is 6.92 Å². The fraction of sp³-hybridized carbons (Fsp3) is 0.667. The molecule has 0 bridgehead atoms. The van der Waals surface area contributed by atoms with Crippen LogP contribution < -0.4 is 0 Å². The molecule has 0 heterocycles. The zero-order valence-corrected chi connectivity index (χ0v) is 5.36. The van der Waals surface area contributed by atoms with Crippen LogP contribution in [0.4, 0.5) is 0 Å². The molecule has 0 aliphatic rings. The molecule has 0 aliphatic heterocycles. The van der Waals surface area contributed by atoms with Crippen LogP contribution in [0.1, 0.15) is 6.92 Å². The molecular weight excluding hydrogens is 98.0 g/mol. The van der Waals surface area contributed by atoms with E-state index in [1.54, 1.807) is 0 Å². The summed E-state index contributed by atoms with van der Waals surface area (Å²) in [6, 6.07) is 0. The Kier molecular flexibility index (Phi) is 5.15. The highest BCUT2D eigenvalue weighted by molar-refractivity contribution is 7.59. The first-order chi connectivity index (χ1) is 2.41. The van der Waals surface area contributed by atoms with Crippen LogP contribution in [0.2, 0.25) is 0 Å². The summed E-state index contributed by atoms with van der Waals surface area (Å²) in [5.41, 5.74) is 2.07. The third-order valence-electron chi connectivity index (χ3n) is 0.288. The topological polar surface area (TPSA) is 0 Å². The minimum absolute atomic E-state index is 1.24. The zero-order valence-electron chi connectivity index (χ0n) is 3.31. The standard InChI is InChI=1S/C3H8P2/c1-2-5-3-4/h3H,2,4H2,1H3. The number of hydrogen-bond donors (Lipinski definition) is 0. The molecule has 2 heteroatoms. The summed E-state index contributed by atoms with van der Waals surface area (Å²) in [6.07, 6.45) is 1.24. The predicted molar refractivity (Wildman–Crippen MR) is 33.2 cm³/mol. The van der Waals surface area contributed by atoms with Crippen molar-refractivity contribution in [1.82, 2.24) is 0 Å². The second-order valence-electron chi connectivity index (χ2n) is 0.648. The van der Waals surface area contributed by atoms with E-state index >= 15 is 0 Å². The highest BCUT2D eigenvalue weighted by atomic mass is 31.1. The lowest BCUT2D eigenvalue weighted by Gasteiger charge is -1.64. The van der Waals surface area contributed by atoms with Crippen molar-refractivity contribution in [2.24, 2.45) is 0 Å². The Balaban J connectivity index is 2.62. The van der Waals surface area contributed by atoms with E-state index in [1.807, 2.05) is 0 Å². The van der Waals surface area contributed by atoms with E-state index in [4.69, 9.17) is 0 Å². The second-order valence-corrected chi connectivity index (χ2v) is 2.84. The Morgan fingerprint density at radius 1 is 2.00 bits per heavy atom. The van der Waals surface area contributed by atoms with E-state index in [-0.39, 0.29) is 0 Å². The third-order valence-corrected chi connectivity index (χ3v) is 1.50. The van der Waals surface area contributed by atoms with Gasteiger partial charge >= 0.3 is 0 Å². The minimum atomic E-state index is 1.24. The molecule has 30 valence electrons. The Labute approximate surface area is 37.0 Å². The summed E-state index contributed by atoms with van der Waals surface area (Å²) >= 11 is 0. The monoisotopic (exact) mass is 106 g/mol. The van der Waals surface area contributed by atoms with Gasteiger partial charge in [-0.15, -0.1) is 17.4 Å². The molecule has 5 heavy (non-hydrogen) atoms. The van der Waals surface area contributed by atoms with Crippen LogP contribution in [0.15, 0.2) is 0 Å². The molecule has 1 atom stereocenters. The van der Waals surface area contributed by atoms with Crippen LogP contribution in [-0.2, 0) is 0 Å². The fourth-order valence-corrected chi connectivity index (χ4v) is 0.949.